The van der Waals surface area contributed by atoms with E-state index in [4.69, 9.17) is 5.11 Å². The van der Waals surface area contributed by atoms with Crippen molar-refractivity contribution >= 4 is 5.95 Å². The van der Waals surface area contributed by atoms with Crippen LogP contribution in [0.1, 0.15) is 37.9 Å². The lowest BCUT2D eigenvalue weighted by molar-refractivity contribution is 0.280. The van der Waals surface area contributed by atoms with Crippen molar-refractivity contribution in [3.8, 4) is 0 Å². The summed E-state index contributed by atoms with van der Waals surface area (Å²) in [5, 5.41) is 9.12. The molecule has 4 heteroatoms. The molecule has 1 saturated heterocycles. The molecule has 4 nitrogen and oxygen atoms in total. The first-order valence-corrected chi connectivity index (χ1v) is 6.33. The number of aliphatic hydroxyl groups is 1. The Bertz CT molecular complexity index is 392. The maximum Gasteiger partial charge on any atom is 0.225 e. The van der Waals surface area contributed by atoms with Gasteiger partial charge in [-0.15, -0.1) is 0 Å². The highest BCUT2D eigenvalue weighted by molar-refractivity contribution is 5.36. The van der Waals surface area contributed by atoms with E-state index in [2.05, 4.69) is 28.7 Å². The van der Waals surface area contributed by atoms with Crippen LogP contribution in [0.2, 0.25) is 0 Å². The van der Waals surface area contributed by atoms with Crippen molar-refractivity contribution in [3.63, 3.8) is 0 Å². The molecular formula is C13H21N3O. The minimum Gasteiger partial charge on any atom is -0.392 e. The molecule has 1 aliphatic rings. The Morgan fingerprint density at radius 3 is 2.88 bits per heavy atom. The van der Waals surface area contributed by atoms with Crippen LogP contribution in [0.3, 0.4) is 0 Å². The molecule has 1 unspecified atom stereocenters. The molecule has 0 amide bonds. The summed E-state index contributed by atoms with van der Waals surface area (Å²) in [4.78, 5) is 11.2. The summed E-state index contributed by atoms with van der Waals surface area (Å²) in [7, 11) is 0. The number of rotatable bonds is 3. The first-order valence-electron chi connectivity index (χ1n) is 6.33. The lowest BCUT2D eigenvalue weighted by atomic mass is 10.0. The fraction of sp³-hybridized carbons (Fsp3) is 0.692. The van der Waals surface area contributed by atoms with E-state index in [-0.39, 0.29) is 6.61 Å². The van der Waals surface area contributed by atoms with Gasteiger partial charge < -0.3 is 10.0 Å². The minimum absolute atomic E-state index is 0.0136. The van der Waals surface area contributed by atoms with E-state index in [0.29, 0.717) is 12.0 Å². The van der Waals surface area contributed by atoms with E-state index >= 15 is 0 Å². The average Bonchev–Trinajstić information content (AvgIpc) is 2.77. The molecule has 0 saturated carbocycles. The number of hydrogen-bond donors (Lipinski definition) is 1. The molecule has 1 atom stereocenters. The Kier molecular flexibility index (Phi) is 3.62. The van der Waals surface area contributed by atoms with Crippen molar-refractivity contribution < 1.29 is 5.11 Å². The Morgan fingerprint density at radius 2 is 2.29 bits per heavy atom. The van der Waals surface area contributed by atoms with Crippen molar-refractivity contribution in [2.45, 2.75) is 46.3 Å². The van der Waals surface area contributed by atoms with Crippen LogP contribution in [0.25, 0.3) is 0 Å². The monoisotopic (exact) mass is 235 g/mol. The van der Waals surface area contributed by atoms with Crippen LogP contribution >= 0.6 is 0 Å². The first kappa shape index (κ1) is 12.3. The van der Waals surface area contributed by atoms with Crippen LogP contribution in [0.5, 0.6) is 0 Å². The number of anilines is 1. The van der Waals surface area contributed by atoms with Gasteiger partial charge in [-0.1, -0.05) is 13.8 Å². The molecule has 0 spiro atoms. The molecule has 2 heterocycles. The molecule has 1 aliphatic heterocycles. The second kappa shape index (κ2) is 5.00. The Morgan fingerprint density at radius 1 is 1.53 bits per heavy atom. The maximum atomic E-state index is 9.12. The minimum atomic E-state index is 0.0136. The third kappa shape index (κ3) is 2.41. The molecule has 1 aromatic rings. The number of aliphatic hydroxyl groups excluding tert-OH is 1. The standard InChI is InChI=1S/C13H21N3O/c1-9(2)12-5-4-6-16(12)13-14-7-11(8-17)10(3)15-13/h7,9,12,17H,4-6,8H2,1-3H3. The van der Waals surface area contributed by atoms with Gasteiger partial charge in [0.05, 0.1) is 6.61 Å². The van der Waals surface area contributed by atoms with Gasteiger partial charge in [0.25, 0.3) is 0 Å². The van der Waals surface area contributed by atoms with Gasteiger partial charge >= 0.3 is 0 Å². The lowest BCUT2D eigenvalue weighted by Gasteiger charge is -2.27. The van der Waals surface area contributed by atoms with E-state index < -0.39 is 0 Å². The Labute approximate surface area is 103 Å². The number of aromatic nitrogens is 2. The molecule has 94 valence electrons. The topological polar surface area (TPSA) is 49.2 Å². The summed E-state index contributed by atoms with van der Waals surface area (Å²) in [6.07, 6.45) is 4.18. The van der Waals surface area contributed by atoms with Crippen molar-refractivity contribution in [1.29, 1.82) is 0 Å². The summed E-state index contributed by atoms with van der Waals surface area (Å²) in [5.74, 6) is 1.44. The molecule has 2 rings (SSSR count). The van der Waals surface area contributed by atoms with E-state index in [1.807, 2.05) is 6.92 Å². The quantitative estimate of drug-likeness (QED) is 0.869. The fourth-order valence-corrected chi connectivity index (χ4v) is 2.51. The van der Waals surface area contributed by atoms with Crippen LogP contribution in [0.15, 0.2) is 6.20 Å². The van der Waals surface area contributed by atoms with Crippen molar-refractivity contribution in [2.24, 2.45) is 5.92 Å². The van der Waals surface area contributed by atoms with Crippen LogP contribution in [0, 0.1) is 12.8 Å². The smallest absolute Gasteiger partial charge is 0.225 e. The third-order valence-corrected chi connectivity index (χ3v) is 3.56. The predicted octanol–water partition coefficient (Wildman–Crippen LogP) is 1.90. The normalized spacial score (nSPS) is 20.3. The molecule has 0 aromatic carbocycles. The van der Waals surface area contributed by atoms with E-state index in [9.17, 15) is 0 Å². The number of hydrogen-bond acceptors (Lipinski definition) is 4. The highest BCUT2D eigenvalue weighted by Gasteiger charge is 2.29. The van der Waals surface area contributed by atoms with Crippen LogP contribution in [0.4, 0.5) is 5.95 Å². The fourth-order valence-electron chi connectivity index (χ4n) is 2.51. The summed E-state index contributed by atoms with van der Waals surface area (Å²) < 4.78 is 0. The van der Waals surface area contributed by atoms with Crippen LogP contribution in [-0.2, 0) is 6.61 Å². The summed E-state index contributed by atoms with van der Waals surface area (Å²) in [5.41, 5.74) is 1.70. The van der Waals surface area contributed by atoms with Gasteiger partial charge in [0.2, 0.25) is 5.95 Å². The maximum absolute atomic E-state index is 9.12. The Balaban J connectivity index is 2.24. The second-order valence-corrected chi connectivity index (χ2v) is 5.09. The first-order chi connectivity index (χ1) is 8.13. The van der Waals surface area contributed by atoms with Gasteiger partial charge in [-0.2, -0.15) is 0 Å². The summed E-state index contributed by atoms with van der Waals surface area (Å²) >= 11 is 0. The number of nitrogens with zero attached hydrogens (tertiary/aromatic N) is 3. The molecule has 0 radical (unpaired) electrons. The molecular weight excluding hydrogens is 214 g/mol. The van der Waals surface area contributed by atoms with Crippen molar-refractivity contribution in [1.82, 2.24) is 9.97 Å². The number of aryl methyl sites for hydroxylation is 1. The van der Waals surface area contributed by atoms with E-state index in [1.54, 1.807) is 6.20 Å². The SMILES string of the molecule is Cc1nc(N2CCCC2C(C)C)ncc1CO. The summed E-state index contributed by atoms with van der Waals surface area (Å²) in [6, 6.07) is 0.550. The zero-order valence-corrected chi connectivity index (χ0v) is 10.8. The van der Waals surface area contributed by atoms with Gasteiger partial charge in [-0.25, -0.2) is 9.97 Å². The molecule has 0 bridgehead atoms. The van der Waals surface area contributed by atoms with Crippen LogP contribution < -0.4 is 4.90 Å². The Hall–Kier alpha value is -1.16. The molecule has 1 fully saturated rings. The predicted molar refractivity (Wildman–Crippen MR) is 67.9 cm³/mol. The van der Waals surface area contributed by atoms with Gasteiger partial charge in [-0.05, 0) is 25.7 Å². The van der Waals surface area contributed by atoms with Gasteiger partial charge in [-0.3, -0.25) is 0 Å². The largest absolute Gasteiger partial charge is 0.392 e. The second-order valence-electron chi connectivity index (χ2n) is 5.09. The molecule has 17 heavy (non-hydrogen) atoms. The van der Waals surface area contributed by atoms with Gasteiger partial charge in [0.15, 0.2) is 0 Å². The average molecular weight is 235 g/mol. The summed E-state index contributed by atoms with van der Waals surface area (Å²) in [6.45, 7) is 7.48. The van der Waals surface area contributed by atoms with E-state index in [1.165, 1.54) is 12.8 Å². The zero-order valence-electron chi connectivity index (χ0n) is 10.8. The third-order valence-electron chi connectivity index (χ3n) is 3.56. The zero-order chi connectivity index (χ0) is 12.4. The molecule has 1 N–H and O–H groups in total. The van der Waals surface area contributed by atoms with Crippen LogP contribution in [-0.4, -0.2) is 27.7 Å². The molecule has 0 aliphatic carbocycles. The highest BCUT2D eigenvalue weighted by Crippen LogP contribution is 2.27. The molecule has 1 aromatic heterocycles. The van der Waals surface area contributed by atoms with Gasteiger partial charge in [0, 0.05) is 30.0 Å². The van der Waals surface area contributed by atoms with E-state index in [0.717, 1.165) is 23.8 Å². The highest BCUT2D eigenvalue weighted by atomic mass is 16.3. The van der Waals surface area contributed by atoms with Crippen molar-refractivity contribution in [2.75, 3.05) is 11.4 Å². The van der Waals surface area contributed by atoms with Gasteiger partial charge in [0.1, 0.15) is 0 Å². The lowest BCUT2D eigenvalue weighted by Crippen LogP contribution is -2.34. The van der Waals surface area contributed by atoms with Crippen molar-refractivity contribution in [3.05, 3.63) is 17.5 Å².